The molecule has 0 radical (unpaired) electrons. The summed E-state index contributed by atoms with van der Waals surface area (Å²) in [5, 5.41) is 0. The molecule has 0 aliphatic carbocycles. The van der Waals surface area contributed by atoms with Crippen LogP contribution in [-0.4, -0.2) is 47.1 Å². The molecule has 0 saturated carbocycles. The molecule has 2 aliphatic heterocycles. The number of ether oxygens (including phenoxy) is 1. The highest BCUT2D eigenvalue weighted by atomic mass is 16.5. The van der Waals surface area contributed by atoms with Gasteiger partial charge in [-0.2, -0.15) is 0 Å². The zero-order chi connectivity index (χ0) is 16.5. The van der Waals surface area contributed by atoms with E-state index >= 15 is 0 Å². The first-order chi connectivity index (χ1) is 11.7. The number of carbonyl (C=O) groups is 1. The third kappa shape index (κ3) is 2.72. The molecular weight excluding hydrogens is 304 g/mol. The lowest BCUT2D eigenvalue weighted by Gasteiger charge is -2.37. The number of hydrogen-bond donors (Lipinski definition) is 1. The first kappa shape index (κ1) is 15.1. The molecule has 6 heteroatoms. The summed E-state index contributed by atoms with van der Waals surface area (Å²) in [7, 11) is 0. The summed E-state index contributed by atoms with van der Waals surface area (Å²) in [5.41, 5.74) is 3.20. The number of piperidine rings is 1. The Hall–Kier alpha value is -2.50. The molecule has 0 unspecified atom stereocenters. The molecule has 3 heterocycles. The van der Waals surface area contributed by atoms with Crippen LogP contribution in [0.2, 0.25) is 0 Å². The average molecular weight is 326 g/mol. The van der Waals surface area contributed by atoms with Crippen molar-refractivity contribution in [1.29, 1.82) is 0 Å². The van der Waals surface area contributed by atoms with Crippen molar-refractivity contribution in [3.63, 3.8) is 0 Å². The maximum atomic E-state index is 13.0. The first-order valence-corrected chi connectivity index (χ1v) is 8.50. The lowest BCUT2D eigenvalue weighted by molar-refractivity contribution is 0.183. The minimum absolute atomic E-state index is 0.0909. The Kier molecular flexibility index (Phi) is 3.88. The van der Waals surface area contributed by atoms with Gasteiger partial charge in [0.15, 0.2) is 0 Å². The summed E-state index contributed by atoms with van der Waals surface area (Å²) in [6, 6.07) is 6.09. The van der Waals surface area contributed by atoms with E-state index in [0.717, 1.165) is 42.9 Å². The minimum atomic E-state index is 0.0909. The van der Waals surface area contributed by atoms with E-state index in [1.54, 1.807) is 6.33 Å². The van der Waals surface area contributed by atoms with E-state index in [-0.39, 0.29) is 6.03 Å². The molecule has 2 amide bonds. The quantitative estimate of drug-likeness (QED) is 0.876. The second-order valence-electron chi connectivity index (χ2n) is 6.52. The maximum absolute atomic E-state index is 13.0. The Balaban J connectivity index is 1.47. The van der Waals surface area contributed by atoms with Crippen LogP contribution in [0.15, 0.2) is 30.7 Å². The van der Waals surface area contributed by atoms with Gasteiger partial charge in [-0.25, -0.2) is 9.78 Å². The normalized spacial score (nSPS) is 18.2. The number of aromatic amines is 1. The number of nitrogens with one attached hydrogen (secondary N) is 1. The molecule has 0 bridgehead atoms. The summed E-state index contributed by atoms with van der Waals surface area (Å²) in [6.07, 6.45) is 5.56. The molecule has 1 N–H and O–H groups in total. The summed E-state index contributed by atoms with van der Waals surface area (Å²) < 4.78 is 5.69. The fraction of sp³-hybridized carbons (Fsp3) is 0.444. The third-order valence-corrected chi connectivity index (χ3v) is 4.93. The number of amides is 2. The van der Waals surface area contributed by atoms with E-state index in [1.165, 1.54) is 5.69 Å². The Labute approximate surface area is 141 Å². The van der Waals surface area contributed by atoms with Crippen molar-refractivity contribution in [2.75, 3.05) is 31.1 Å². The lowest BCUT2D eigenvalue weighted by atomic mass is 9.94. The van der Waals surface area contributed by atoms with E-state index in [4.69, 9.17) is 4.74 Å². The SMILES string of the molecule is Cc1ccc2c(c1)N(C(=O)N1CCC(c3cnc[nH]3)CC1)CCO2. The van der Waals surface area contributed by atoms with Gasteiger partial charge in [-0.05, 0) is 37.5 Å². The van der Waals surface area contributed by atoms with E-state index in [9.17, 15) is 4.79 Å². The number of fused-ring (bicyclic) bond motifs is 1. The number of carbonyl (C=O) groups excluding carboxylic acids is 1. The second kappa shape index (κ2) is 6.19. The topological polar surface area (TPSA) is 61.5 Å². The maximum Gasteiger partial charge on any atom is 0.324 e. The monoisotopic (exact) mass is 326 g/mol. The van der Waals surface area contributed by atoms with Gasteiger partial charge in [-0.15, -0.1) is 0 Å². The molecule has 24 heavy (non-hydrogen) atoms. The van der Waals surface area contributed by atoms with E-state index in [1.807, 2.05) is 41.1 Å². The molecule has 126 valence electrons. The van der Waals surface area contributed by atoms with Gasteiger partial charge < -0.3 is 14.6 Å². The van der Waals surface area contributed by atoms with Gasteiger partial charge in [0, 0.05) is 30.9 Å². The van der Waals surface area contributed by atoms with Crippen LogP contribution in [0, 0.1) is 6.92 Å². The Morgan fingerprint density at radius 2 is 2.12 bits per heavy atom. The van der Waals surface area contributed by atoms with Crippen LogP contribution in [0.5, 0.6) is 5.75 Å². The number of rotatable bonds is 1. The number of likely N-dealkylation sites (tertiary alicyclic amines) is 1. The first-order valence-electron chi connectivity index (χ1n) is 8.50. The van der Waals surface area contributed by atoms with E-state index in [2.05, 4.69) is 9.97 Å². The van der Waals surface area contributed by atoms with Gasteiger partial charge in [0.1, 0.15) is 12.4 Å². The average Bonchev–Trinajstić information content (AvgIpc) is 3.15. The largest absolute Gasteiger partial charge is 0.490 e. The van der Waals surface area contributed by atoms with Crippen molar-refractivity contribution < 1.29 is 9.53 Å². The van der Waals surface area contributed by atoms with E-state index in [0.29, 0.717) is 19.1 Å². The molecule has 6 nitrogen and oxygen atoms in total. The Morgan fingerprint density at radius 1 is 1.29 bits per heavy atom. The third-order valence-electron chi connectivity index (χ3n) is 4.93. The molecule has 2 aromatic rings. The minimum Gasteiger partial charge on any atom is -0.490 e. The molecule has 1 fully saturated rings. The predicted molar refractivity (Wildman–Crippen MR) is 91.6 cm³/mol. The molecule has 1 aromatic heterocycles. The lowest BCUT2D eigenvalue weighted by Crippen LogP contribution is -2.49. The number of nitrogens with zero attached hydrogens (tertiary/aromatic N) is 3. The molecule has 2 aliphatic rings. The smallest absolute Gasteiger partial charge is 0.324 e. The summed E-state index contributed by atoms with van der Waals surface area (Å²) >= 11 is 0. The van der Waals surface area contributed by atoms with Crippen molar-refractivity contribution in [2.45, 2.75) is 25.7 Å². The van der Waals surface area contributed by atoms with E-state index < -0.39 is 0 Å². The van der Waals surface area contributed by atoms with Gasteiger partial charge in [0.25, 0.3) is 0 Å². The number of imidazole rings is 1. The number of H-pyrrole nitrogens is 1. The molecular formula is C18H22N4O2. The molecule has 1 aromatic carbocycles. The number of urea groups is 1. The number of benzene rings is 1. The van der Waals surface area contributed by atoms with Gasteiger partial charge >= 0.3 is 6.03 Å². The van der Waals surface area contributed by atoms with Crippen LogP contribution < -0.4 is 9.64 Å². The molecule has 0 atom stereocenters. The van der Waals surface area contributed by atoms with Crippen LogP contribution in [0.1, 0.15) is 30.0 Å². The van der Waals surface area contributed by atoms with Gasteiger partial charge in [0.2, 0.25) is 0 Å². The zero-order valence-electron chi connectivity index (χ0n) is 13.9. The number of hydrogen-bond acceptors (Lipinski definition) is 3. The zero-order valence-corrected chi connectivity index (χ0v) is 13.9. The highest BCUT2D eigenvalue weighted by Gasteiger charge is 2.31. The fourth-order valence-corrected chi connectivity index (χ4v) is 3.57. The highest BCUT2D eigenvalue weighted by Crippen LogP contribution is 2.34. The fourth-order valence-electron chi connectivity index (χ4n) is 3.57. The van der Waals surface area contributed by atoms with Crippen molar-refractivity contribution in [1.82, 2.24) is 14.9 Å². The molecule has 0 spiro atoms. The summed E-state index contributed by atoms with van der Waals surface area (Å²) in [4.78, 5) is 24.1. The number of anilines is 1. The van der Waals surface area contributed by atoms with Crippen molar-refractivity contribution in [3.05, 3.63) is 42.0 Å². The van der Waals surface area contributed by atoms with Crippen LogP contribution in [0.3, 0.4) is 0 Å². The summed E-state index contributed by atoms with van der Waals surface area (Å²) in [6.45, 7) is 4.75. The van der Waals surface area contributed by atoms with Crippen molar-refractivity contribution >= 4 is 11.7 Å². The second-order valence-corrected chi connectivity index (χ2v) is 6.52. The number of aryl methyl sites for hydroxylation is 1. The van der Waals surface area contributed by atoms with Gasteiger partial charge in [-0.3, -0.25) is 4.90 Å². The standard InChI is InChI=1S/C18H22N4O2/c1-13-2-3-17-16(10-13)22(8-9-24-17)18(23)21-6-4-14(5-7-21)15-11-19-12-20-15/h2-3,10-12,14H,4-9H2,1H3,(H,19,20). The van der Waals surface area contributed by atoms with Crippen LogP contribution in [0.4, 0.5) is 10.5 Å². The predicted octanol–water partition coefficient (Wildman–Crippen LogP) is 2.92. The number of aromatic nitrogens is 2. The van der Waals surface area contributed by atoms with Crippen molar-refractivity contribution in [2.24, 2.45) is 0 Å². The van der Waals surface area contributed by atoms with Crippen LogP contribution in [0.25, 0.3) is 0 Å². The van der Waals surface area contributed by atoms with Gasteiger partial charge in [0.05, 0.1) is 18.6 Å². The van der Waals surface area contributed by atoms with Gasteiger partial charge in [-0.1, -0.05) is 6.07 Å². The van der Waals surface area contributed by atoms with Crippen LogP contribution >= 0.6 is 0 Å². The Morgan fingerprint density at radius 3 is 2.88 bits per heavy atom. The Bertz CT molecular complexity index is 721. The molecule has 1 saturated heterocycles. The highest BCUT2D eigenvalue weighted by molar-refractivity contribution is 5.94. The van der Waals surface area contributed by atoms with Crippen LogP contribution in [-0.2, 0) is 0 Å². The van der Waals surface area contributed by atoms with Crippen molar-refractivity contribution in [3.8, 4) is 5.75 Å². The summed E-state index contributed by atoms with van der Waals surface area (Å²) in [5.74, 6) is 1.27. The molecule has 4 rings (SSSR count).